The van der Waals surface area contributed by atoms with Crippen LogP contribution in [0.4, 0.5) is 0 Å². The molecule has 5 heteroatoms. The predicted octanol–water partition coefficient (Wildman–Crippen LogP) is 6.33. The predicted molar refractivity (Wildman–Crippen MR) is 151 cm³/mol. The molecule has 3 N–H and O–H groups in total. The van der Waals surface area contributed by atoms with Crippen molar-refractivity contribution in [3.8, 4) is 11.4 Å². The standard InChI is InChI=1S/C32H35N5/c1-24(21-29-23-35-32(37-29)27-15-9-4-10-16-27)33-20-19-28-22-34-31(36-28)18-17-30(25-11-5-2-6-12-25)26-13-7-3-8-14-26/h2-16,22-24,30,33H,17-21H2,1H3,(H,34,36)(H,35,37)/t24-/m1/s1. The van der Waals surface area contributed by atoms with E-state index in [1.54, 1.807) is 0 Å². The molecule has 0 spiro atoms. The molecule has 2 heterocycles. The minimum atomic E-state index is 0.351. The maximum absolute atomic E-state index is 4.68. The second kappa shape index (κ2) is 12.3. The Hall–Kier alpha value is -3.96. The topological polar surface area (TPSA) is 69.4 Å². The van der Waals surface area contributed by atoms with Gasteiger partial charge >= 0.3 is 0 Å². The van der Waals surface area contributed by atoms with Crippen molar-refractivity contribution >= 4 is 0 Å². The van der Waals surface area contributed by atoms with Gasteiger partial charge in [-0.05, 0) is 24.5 Å². The number of H-pyrrole nitrogens is 2. The van der Waals surface area contributed by atoms with Gasteiger partial charge in [-0.15, -0.1) is 0 Å². The smallest absolute Gasteiger partial charge is 0.137 e. The van der Waals surface area contributed by atoms with Crippen LogP contribution in [0.25, 0.3) is 11.4 Å². The fourth-order valence-corrected chi connectivity index (χ4v) is 4.90. The van der Waals surface area contributed by atoms with E-state index in [1.807, 2.05) is 30.6 Å². The Labute approximate surface area is 219 Å². The highest BCUT2D eigenvalue weighted by molar-refractivity contribution is 5.54. The number of hydrogen-bond donors (Lipinski definition) is 3. The lowest BCUT2D eigenvalue weighted by atomic mass is 9.87. The van der Waals surface area contributed by atoms with Gasteiger partial charge < -0.3 is 15.3 Å². The molecule has 2 aromatic heterocycles. The number of imidazole rings is 2. The van der Waals surface area contributed by atoms with Crippen molar-refractivity contribution in [3.05, 3.63) is 132 Å². The van der Waals surface area contributed by atoms with Crippen LogP contribution in [0.3, 0.4) is 0 Å². The second-order valence-corrected chi connectivity index (χ2v) is 9.70. The van der Waals surface area contributed by atoms with Crippen LogP contribution in [0, 0.1) is 0 Å². The maximum atomic E-state index is 4.68. The summed E-state index contributed by atoms with van der Waals surface area (Å²) in [6.07, 6.45) is 7.71. The molecule has 5 nitrogen and oxygen atoms in total. The molecule has 0 aliphatic rings. The fourth-order valence-electron chi connectivity index (χ4n) is 4.90. The molecule has 5 aromatic rings. The van der Waals surface area contributed by atoms with E-state index in [0.29, 0.717) is 12.0 Å². The first kappa shape index (κ1) is 24.7. The lowest BCUT2D eigenvalue weighted by Crippen LogP contribution is -2.30. The molecular weight excluding hydrogens is 454 g/mol. The Bertz CT molecular complexity index is 1300. The number of nitrogens with zero attached hydrogens (tertiary/aromatic N) is 2. The molecule has 0 bridgehead atoms. The molecule has 5 rings (SSSR count). The molecule has 0 fully saturated rings. The molecular formula is C32H35N5. The highest BCUT2D eigenvalue weighted by Gasteiger charge is 2.15. The van der Waals surface area contributed by atoms with Crippen molar-refractivity contribution in [2.75, 3.05) is 6.54 Å². The summed E-state index contributed by atoms with van der Waals surface area (Å²) in [6, 6.07) is 32.2. The molecule has 0 amide bonds. The molecule has 188 valence electrons. The zero-order chi connectivity index (χ0) is 25.3. The van der Waals surface area contributed by atoms with E-state index in [-0.39, 0.29) is 0 Å². The lowest BCUT2D eigenvalue weighted by molar-refractivity contribution is 0.542. The minimum absolute atomic E-state index is 0.351. The minimum Gasteiger partial charge on any atom is -0.346 e. The van der Waals surface area contributed by atoms with Gasteiger partial charge in [0.1, 0.15) is 11.6 Å². The van der Waals surface area contributed by atoms with E-state index in [1.165, 1.54) is 16.8 Å². The van der Waals surface area contributed by atoms with Crippen LogP contribution < -0.4 is 5.32 Å². The fraction of sp³-hybridized carbons (Fsp3) is 0.250. The van der Waals surface area contributed by atoms with Gasteiger partial charge in [0, 0.05) is 67.1 Å². The van der Waals surface area contributed by atoms with E-state index in [9.17, 15) is 0 Å². The molecule has 37 heavy (non-hydrogen) atoms. The van der Waals surface area contributed by atoms with Crippen LogP contribution in [-0.4, -0.2) is 32.5 Å². The third-order valence-electron chi connectivity index (χ3n) is 6.84. The van der Waals surface area contributed by atoms with E-state index in [4.69, 9.17) is 0 Å². The molecule has 0 saturated heterocycles. The molecule has 0 aliphatic heterocycles. The van der Waals surface area contributed by atoms with Crippen molar-refractivity contribution in [2.24, 2.45) is 0 Å². The zero-order valence-electron chi connectivity index (χ0n) is 21.4. The Morgan fingerprint density at radius 2 is 1.32 bits per heavy atom. The van der Waals surface area contributed by atoms with Crippen molar-refractivity contribution in [1.29, 1.82) is 0 Å². The summed E-state index contributed by atoms with van der Waals surface area (Å²) in [5.74, 6) is 2.35. The van der Waals surface area contributed by atoms with Gasteiger partial charge in [-0.1, -0.05) is 91.0 Å². The third-order valence-corrected chi connectivity index (χ3v) is 6.84. The quantitative estimate of drug-likeness (QED) is 0.192. The number of aryl methyl sites for hydroxylation is 1. The van der Waals surface area contributed by atoms with Gasteiger partial charge in [0.25, 0.3) is 0 Å². The summed E-state index contributed by atoms with van der Waals surface area (Å²) >= 11 is 0. The van der Waals surface area contributed by atoms with Crippen LogP contribution in [0.2, 0.25) is 0 Å². The first-order valence-electron chi connectivity index (χ1n) is 13.2. The summed E-state index contributed by atoms with van der Waals surface area (Å²) in [4.78, 5) is 16.2. The molecule has 0 aliphatic carbocycles. The second-order valence-electron chi connectivity index (χ2n) is 9.70. The molecule has 3 aromatic carbocycles. The first-order valence-corrected chi connectivity index (χ1v) is 13.2. The Balaban J connectivity index is 1.10. The number of aromatic amines is 2. The molecule has 0 unspecified atom stereocenters. The Morgan fingerprint density at radius 3 is 2.00 bits per heavy atom. The molecule has 0 saturated carbocycles. The third kappa shape index (κ3) is 6.83. The van der Waals surface area contributed by atoms with Crippen molar-refractivity contribution in [2.45, 2.75) is 44.6 Å². The normalized spacial score (nSPS) is 12.2. The van der Waals surface area contributed by atoms with Crippen molar-refractivity contribution in [3.63, 3.8) is 0 Å². The van der Waals surface area contributed by atoms with E-state index < -0.39 is 0 Å². The summed E-state index contributed by atoms with van der Waals surface area (Å²) < 4.78 is 0. The van der Waals surface area contributed by atoms with Crippen LogP contribution in [0.15, 0.2) is 103 Å². The number of aromatic nitrogens is 4. The number of hydrogen-bond acceptors (Lipinski definition) is 3. The lowest BCUT2D eigenvalue weighted by Gasteiger charge is -2.17. The van der Waals surface area contributed by atoms with E-state index >= 15 is 0 Å². The first-order chi connectivity index (χ1) is 18.2. The summed E-state index contributed by atoms with van der Waals surface area (Å²) in [5.41, 5.74) is 6.15. The van der Waals surface area contributed by atoms with Gasteiger partial charge in [0.2, 0.25) is 0 Å². The largest absolute Gasteiger partial charge is 0.346 e. The SMILES string of the molecule is C[C@H](Cc1cnc(-c2ccccc2)[nH]1)NCCc1cnc(CCC(c2ccccc2)c2ccccc2)[nH]1. The summed E-state index contributed by atoms with van der Waals surface area (Å²) in [6.45, 7) is 3.12. The zero-order valence-corrected chi connectivity index (χ0v) is 21.4. The molecule has 0 radical (unpaired) electrons. The number of nitrogens with one attached hydrogen (secondary N) is 3. The highest BCUT2D eigenvalue weighted by atomic mass is 15.0. The Morgan fingerprint density at radius 1 is 0.703 bits per heavy atom. The van der Waals surface area contributed by atoms with Crippen LogP contribution >= 0.6 is 0 Å². The summed E-state index contributed by atoms with van der Waals surface area (Å²) in [5, 5.41) is 3.64. The summed E-state index contributed by atoms with van der Waals surface area (Å²) in [7, 11) is 0. The Kier molecular flexibility index (Phi) is 8.24. The van der Waals surface area contributed by atoms with Crippen molar-refractivity contribution < 1.29 is 0 Å². The maximum Gasteiger partial charge on any atom is 0.137 e. The van der Waals surface area contributed by atoms with Gasteiger partial charge in [-0.3, -0.25) is 0 Å². The van der Waals surface area contributed by atoms with Crippen LogP contribution in [0.5, 0.6) is 0 Å². The van der Waals surface area contributed by atoms with E-state index in [0.717, 1.165) is 55.1 Å². The number of rotatable bonds is 12. The highest BCUT2D eigenvalue weighted by Crippen LogP contribution is 2.29. The van der Waals surface area contributed by atoms with Gasteiger partial charge in [0.05, 0.1) is 0 Å². The monoisotopic (exact) mass is 489 g/mol. The van der Waals surface area contributed by atoms with Crippen LogP contribution in [0.1, 0.15) is 47.6 Å². The average molecular weight is 490 g/mol. The van der Waals surface area contributed by atoms with Gasteiger partial charge in [-0.25, -0.2) is 9.97 Å². The number of benzene rings is 3. The van der Waals surface area contributed by atoms with E-state index in [2.05, 4.69) is 105 Å². The van der Waals surface area contributed by atoms with Gasteiger partial charge in [0.15, 0.2) is 0 Å². The van der Waals surface area contributed by atoms with Crippen LogP contribution in [-0.2, 0) is 19.3 Å². The average Bonchev–Trinajstić information content (AvgIpc) is 3.60. The molecule has 1 atom stereocenters. The van der Waals surface area contributed by atoms with Gasteiger partial charge in [-0.2, -0.15) is 0 Å². The van der Waals surface area contributed by atoms with Crippen molar-refractivity contribution in [1.82, 2.24) is 25.3 Å².